The third-order valence-electron chi connectivity index (χ3n) is 5.92. The molecule has 37 heavy (non-hydrogen) atoms. The summed E-state index contributed by atoms with van der Waals surface area (Å²) in [6, 6.07) is 8.88. The lowest BCUT2D eigenvalue weighted by Gasteiger charge is -2.24. The first-order valence-corrected chi connectivity index (χ1v) is 13.2. The van der Waals surface area contributed by atoms with Gasteiger partial charge in [0.05, 0.1) is 5.69 Å². The average Bonchev–Trinajstić information content (AvgIpc) is 3.09. The van der Waals surface area contributed by atoms with Crippen LogP contribution in [0.5, 0.6) is 11.6 Å². The van der Waals surface area contributed by atoms with Crippen molar-refractivity contribution in [2.24, 2.45) is 5.92 Å². The summed E-state index contributed by atoms with van der Waals surface area (Å²) in [5, 5.41) is 16.4. The van der Waals surface area contributed by atoms with E-state index < -0.39 is 27.9 Å². The highest BCUT2D eigenvalue weighted by Gasteiger charge is 2.28. The Morgan fingerprint density at radius 2 is 1.84 bits per heavy atom. The Morgan fingerprint density at radius 3 is 2.41 bits per heavy atom. The molecule has 1 heterocycles. The van der Waals surface area contributed by atoms with Crippen LogP contribution in [0.15, 0.2) is 47.4 Å². The number of aromatic carboxylic acids is 1. The molecule has 10 nitrogen and oxygen atoms in total. The zero-order valence-corrected chi connectivity index (χ0v) is 21.3. The second-order valence-electron chi connectivity index (χ2n) is 9.13. The van der Waals surface area contributed by atoms with E-state index in [2.05, 4.69) is 15.1 Å². The van der Waals surface area contributed by atoms with Crippen molar-refractivity contribution in [3.05, 3.63) is 59.5 Å². The molecule has 2 aromatic carbocycles. The van der Waals surface area contributed by atoms with Gasteiger partial charge in [-0.2, -0.15) is 9.78 Å². The predicted octanol–water partition coefficient (Wildman–Crippen LogP) is 4.24. The van der Waals surface area contributed by atoms with Crippen molar-refractivity contribution in [3.8, 4) is 17.3 Å². The van der Waals surface area contributed by atoms with E-state index in [4.69, 9.17) is 4.74 Å². The Bertz CT molecular complexity index is 1450. The van der Waals surface area contributed by atoms with E-state index in [1.54, 1.807) is 13.8 Å². The summed E-state index contributed by atoms with van der Waals surface area (Å²) < 4.78 is 49.6. The number of nitrogens with zero attached hydrogens (tertiary/aromatic N) is 2. The van der Waals surface area contributed by atoms with Crippen LogP contribution >= 0.6 is 0 Å². The molecule has 0 radical (unpaired) electrons. The number of carboxylic acids is 1. The number of anilines is 1. The molecule has 0 unspecified atom stereocenters. The van der Waals surface area contributed by atoms with Gasteiger partial charge in [0.2, 0.25) is 21.8 Å². The topological polar surface area (TPSA) is 140 Å². The van der Waals surface area contributed by atoms with Crippen molar-refractivity contribution in [1.82, 2.24) is 14.5 Å². The molecular formula is C25H27FN4O6S. The van der Waals surface area contributed by atoms with Gasteiger partial charge in [-0.3, -0.25) is 4.79 Å². The zero-order valence-electron chi connectivity index (χ0n) is 20.5. The van der Waals surface area contributed by atoms with Crippen LogP contribution in [0.4, 0.5) is 10.1 Å². The number of benzene rings is 2. The first-order valence-electron chi connectivity index (χ1n) is 11.7. The molecule has 0 saturated heterocycles. The maximum atomic E-state index is 13.5. The Balaban J connectivity index is 1.80. The first-order chi connectivity index (χ1) is 17.5. The number of aromatic nitrogens is 2. The lowest BCUT2D eigenvalue weighted by Crippen LogP contribution is -2.31. The van der Waals surface area contributed by atoms with Crippen LogP contribution in [-0.4, -0.2) is 41.2 Å². The number of hydrogen-bond donors (Lipinski definition) is 3. The fraction of sp³-hybridized carbons (Fsp3) is 0.320. The van der Waals surface area contributed by atoms with Crippen molar-refractivity contribution < 1.29 is 32.2 Å². The summed E-state index contributed by atoms with van der Waals surface area (Å²) in [6.07, 6.45) is 2.54. The number of nitrogens with one attached hydrogen (secondary N) is 2. The number of carboxylic acid groups (broad SMARTS) is 1. The molecule has 0 atom stereocenters. The third-order valence-corrected chi connectivity index (χ3v) is 7.60. The highest BCUT2D eigenvalue weighted by molar-refractivity contribution is 7.89. The van der Waals surface area contributed by atoms with E-state index in [0.29, 0.717) is 5.69 Å². The van der Waals surface area contributed by atoms with Gasteiger partial charge in [-0.15, -0.1) is 0 Å². The minimum Gasteiger partial charge on any atom is -0.476 e. The van der Waals surface area contributed by atoms with Gasteiger partial charge in [0.1, 0.15) is 16.5 Å². The molecule has 3 aromatic rings. The molecule has 4 rings (SSSR count). The number of carbonyl (C=O) groups excluding carboxylic acids is 1. The number of sulfonamides is 1. The smallest absolute Gasteiger partial charge is 0.356 e. The molecule has 0 bridgehead atoms. The number of ether oxygens (including phenoxy) is 1. The quantitative estimate of drug-likeness (QED) is 0.376. The maximum absolute atomic E-state index is 13.5. The molecule has 1 aliphatic carbocycles. The van der Waals surface area contributed by atoms with Gasteiger partial charge >= 0.3 is 5.97 Å². The van der Waals surface area contributed by atoms with Gasteiger partial charge in [-0.1, -0.05) is 6.42 Å². The molecule has 0 aliphatic heterocycles. The predicted molar refractivity (Wildman–Crippen MR) is 133 cm³/mol. The van der Waals surface area contributed by atoms with E-state index in [1.165, 1.54) is 49.4 Å². The number of amides is 1. The van der Waals surface area contributed by atoms with Crippen LogP contribution in [0.2, 0.25) is 0 Å². The summed E-state index contributed by atoms with van der Waals surface area (Å²) in [6.45, 7) is 4.79. The van der Waals surface area contributed by atoms with E-state index in [1.807, 2.05) is 0 Å². The van der Waals surface area contributed by atoms with Crippen LogP contribution < -0.4 is 14.8 Å². The van der Waals surface area contributed by atoms with E-state index in [-0.39, 0.29) is 45.3 Å². The molecule has 1 fully saturated rings. The van der Waals surface area contributed by atoms with Crippen molar-refractivity contribution in [3.63, 3.8) is 0 Å². The van der Waals surface area contributed by atoms with Crippen molar-refractivity contribution in [1.29, 1.82) is 0 Å². The summed E-state index contributed by atoms with van der Waals surface area (Å²) in [5.74, 6) is -2.27. The zero-order chi connectivity index (χ0) is 26.9. The summed E-state index contributed by atoms with van der Waals surface area (Å²) >= 11 is 0. The number of halogens is 1. The van der Waals surface area contributed by atoms with E-state index in [0.717, 1.165) is 23.9 Å². The molecule has 12 heteroatoms. The highest BCUT2D eigenvalue weighted by atomic mass is 32.2. The van der Waals surface area contributed by atoms with Crippen LogP contribution in [0.25, 0.3) is 5.69 Å². The first kappa shape index (κ1) is 26.3. The van der Waals surface area contributed by atoms with E-state index in [9.17, 15) is 27.5 Å². The lowest BCUT2D eigenvalue weighted by molar-refractivity contribution is -0.122. The second kappa shape index (κ2) is 10.3. The van der Waals surface area contributed by atoms with Crippen LogP contribution in [0, 0.1) is 18.7 Å². The van der Waals surface area contributed by atoms with Gasteiger partial charge < -0.3 is 15.2 Å². The number of hydrogen-bond acceptors (Lipinski definition) is 6. The maximum Gasteiger partial charge on any atom is 0.356 e. The molecule has 1 aliphatic rings. The minimum atomic E-state index is -4.11. The SMILES string of the molecule is Cc1c(C(=O)O)nn(-c2ccc(F)cc2)c1Oc1ccc(NC(=O)C2CCC2)cc1S(=O)(=O)NC(C)C. The van der Waals surface area contributed by atoms with Gasteiger partial charge in [-0.25, -0.2) is 22.3 Å². The standard InChI is InChI=1S/C25H27FN4O6S/c1-14(2)29-37(34,35)21-13-18(27-23(31)16-5-4-6-16)9-12-20(21)36-24-15(3)22(25(32)33)28-30(24)19-10-7-17(26)8-11-19/h7-14,16,29H,4-6H2,1-3H3,(H,27,31)(H,32,33). The van der Waals surface area contributed by atoms with Crippen molar-refractivity contribution in [2.45, 2.75) is 51.0 Å². The third kappa shape index (κ3) is 5.65. The Morgan fingerprint density at radius 1 is 1.16 bits per heavy atom. The molecule has 1 amide bonds. The second-order valence-corrected chi connectivity index (χ2v) is 10.8. The Labute approximate surface area is 213 Å². The van der Waals surface area contributed by atoms with Gasteiger partial charge in [0.15, 0.2) is 5.69 Å². The Kier molecular flexibility index (Phi) is 7.32. The summed E-state index contributed by atoms with van der Waals surface area (Å²) in [4.78, 5) is 24.0. The van der Waals surface area contributed by atoms with Crippen molar-refractivity contribution in [2.75, 3.05) is 5.32 Å². The average molecular weight is 531 g/mol. The van der Waals surface area contributed by atoms with Crippen LogP contribution in [0.3, 0.4) is 0 Å². The number of carbonyl (C=O) groups is 2. The Hall–Kier alpha value is -3.77. The monoisotopic (exact) mass is 530 g/mol. The minimum absolute atomic E-state index is 0.0590. The molecule has 3 N–H and O–H groups in total. The summed E-state index contributed by atoms with van der Waals surface area (Å²) in [5.41, 5.74) is 0.414. The van der Waals surface area contributed by atoms with Gasteiger partial charge in [0, 0.05) is 23.2 Å². The normalized spacial score (nSPS) is 13.9. The van der Waals surface area contributed by atoms with Crippen LogP contribution in [0.1, 0.15) is 49.2 Å². The van der Waals surface area contributed by atoms with Gasteiger partial charge in [-0.05, 0) is 76.1 Å². The summed E-state index contributed by atoms with van der Waals surface area (Å²) in [7, 11) is -4.11. The number of rotatable bonds is 9. The van der Waals surface area contributed by atoms with Crippen LogP contribution in [-0.2, 0) is 14.8 Å². The van der Waals surface area contributed by atoms with Gasteiger partial charge in [0.25, 0.3) is 0 Å². The van der Waals surface area contributed by atoms with E-state index >= 15 is 0 Å². The van der Waals surface area contributed by atoms with Crippen molar-refractivity contribution >= 4 is 27.6 Å². The fourth-order valence-corrected chi connectivity index (χ4v) is 5.24. The molecule has 196 valence electrons. The molecule has 0 spiro atoms. The molecule has 1 aromatic heterocycles. The largest absolute Gasteiger partial charge is 0.476 e. The molecule has 1 saturated carbocycles. The highest BCUT2D eigenvalue weighted by Crippen LogP contribution is 2.36. The molecular weight excluding hydrogens is 503 g/mol. The lowest BCUT2D eigenvalue weighted by atomic mass is 9.85. The fourth-order valence-electron chi connectivity index (χ4n) is 3.83.